The van der Waals surface area contributed by atoms with E-state index in [0.717, 1.165) is 0 Å². The van der Waals surface area contributed by atoms with E-state index in [4.69, 9.17) is 0 Å². The summed E-state index contributed by atoms with van der Waals surface area (Å²) < 4.78 is 0. The average Bonchev–Trinajstić information content (AvgIpc) is 3.10. The fourth-order valence-electron chi connectivity index (χ4n) is 5.96. The third-order valence-electron chi connectivity index (χ3n) is 8.33. The molecule has 0 atom stereocenters. The van der Waals surface area contributed by atoms with E-state index >= 15 is 0 Å². The molecule has 8 aromatic rings. The molecular formula is C45H38. The number of hydrogen-bond donors (Lipinski definition) is 0. The van der Waals surface area contributed by atoms with Gasteiger partial charge in [0, 0.05) is 0 Å². The highest BCUT2D eigenvalue weighted by molar-refractivity contribution is 6.14. The maximum atomic E-state index is 2.26. The van der Waals surface area contributed by atoms with Crippen LogP contribution in [0, 0.1) is 20.8 Å². The molecule has 218 valence electrons. The number of benzene rings is 8. The van der Waals surface area contributed by atoms with Crippen molar-refractivity contribution in [2.45, 2.75) is 20.8 Å². The highest BCUT2D eigenvalue weighted by atomic mass is 14.2. The molecule has 0 heterocycles. The molecule has 0 nitrogen and oxygen atoms in total. The number of fused-ring (bicyclic) bond motifs is 3. The molecule has 0 amide bonds. The molecule has 8 rings (SSSR count). The predicted octanol–water partition coefficient (Wildman–Crippen LogP) is 12.8. The summed E-state index contributed by atoms with van der Waals surface area (Å²) in [5.41, 5.74) is 9.09. The lowest BCUT2D eigenvalue weighted by Crippen LogP contribution is -1.89. The SMILES string of the molecule is Cc1c2ccccc2c(-c2ccc(-c3ccccc3)cc2)c2ccccc12.Cc1ccc2ccccc2c1.Cc1ccccc1. The summed E-state index contributed by atoms with van der Waals surface area (Å²) in [6.45, 7) is 6.43. The van der Waals surface area contributed by atoms with Gasteiger partial charge in [0.2, 0.25) is 0 Å². The highest BCUT2D eigenvalue weighted by Crippen LogP contribution is 2.39. The summed E-state index contributed by atoms with van der Waals surface area (Å²) in [5.74, 6) is 0. The molecule has 0 unspecified atom stereocenters. The molecule has 45 heavy (non-hydrogen) atoms. The van der Waals surface area contributed by atoms with Crippen LogP contribution in [-0.2, 0) is 0 Å². The second-order valence-electron chi connectivity index (χ2n) is 11.5. The number of hydrogen-bond acceptors (Lipinski definition) is 0. The zero-order valence-electron chi connectivity index (χ0n) is 26.2. The molecule has 0 radical (unpaired) electrons. The van der Waals surface area contributed by atoms with E-state index in [9.17, 15) is 0 Å². The Morgan fingerprint density at radius 2 is 0.733 bits per heavy atom. The average molecular weight is 579 g/mol. The minimum Gasteiger partial charge on any atom is -0.0622 e. The van der Waals surface area contributed by atoms with Crippen molar-refractivity contribution in [3.8, 4) is 22.3 Å². The Kier molecular flexibility index (Phi) is 9.14. The van der Waals surface area contributed by atoms with E-state index in [1.165, 1.54) is 71.3 Å². The number of rotatable bonds is 2. The van der Waals surface area contributed by atoms with Crippen LogP contribution in [0.2, 0.25) is 0 Å². The van der Waals surface area contributed by atoms with Crippen LogP contribution in [0.15, 0.2) is 176 Å². The first kappa shape index (κ1) is 29.6. The van der Waals surface area contributed by atoms with Gasteiger partial charge in [-0.2, -0.15) is 0 Å². The van der Waals surface area contributed by atoms with Crippen LogP contribution in [0.25, 0.3) is 54.6 Å². The van der Waals surface area contributed by atoms with Crippen LogP contribution in [0.3, 0.4) is 0 Å². The Bertz CT molecular complexity index is 2100. The normalized spacial score (nSPS) is 10.6. The van der Waals surface area contributed by atoms with E-state index in [1.54, 1.807) is 0 Å². The Balaban J connectivity index is 0.000000161. The second-order valence-corrected chi connectivity index (χ2v) is 11.5. The monoisotopic (exact) mass is 578 g/mol. The summed E-state index contributed by atoms with van der Waals surface area (Å²) in [6.07, 6.45) is 0. The third-order valence-corrected chi connectivity index (χ3v) is 8.33. The van der Waals surface area contributed by atoms with Gasteiger partial charge in [0.05, 0.1) is 0 Å². The first-order valence-corrected chi connectivity index (χ1v) is 15.6. The Morgan fingerprint density at radius 1 is 0.289 bits per heavy atom. The van der Waals surface area contributed by atoms with Gasteiger partial charge in [-0.1, -0.05) is 187 Å². The van der Waals surface area contributed by atoms with Gasteiger partial charge >= 0.3 is 0 Å². The van der Waals surface area contributed by atoms with Crippen molar-refractivity contribution >= 4 is 32.3 Å². The van der Waals surface area contributed by atoms with Crippen molar-refractivity contribution in [3.63, 3.8) is 0 Å². The lowest BCUT2D eigenvalue weighted by Gasteiger charge is -2.15. The largest absolute Gasteiger partial charge is 0.0622 e. The van der Waals surface area contributed by atoms with Crippen molar-refractivity contribution in [1.82, 2.24) is 0 Å². The molecule has 0 spiro atoms. The number of aryl methyl sites for hydroxylation is 3. The summed E-state index contributed by atoms with van der Waals surface area (Å²) >= 11 is 0. The molecule has 0 heteroatoms. The molecule has 0 bridgehead atoms. The van der Waals surface area contributed by atoms with Crippen molar-refractivity contribution in [2.75, 3.05) is 0 Å². The molecule has 8 aromatic carbocycles. The van der Waals surface area contributed by atoms with Gasteiger partial charge < -0.3 is 0 Å². The quantitative estimate of drug-likeness (QED) is 0.179. The van der Waals surface area contributed by atoms with Crippen molar-refractivity contribution in [1.29, 1.82) is 0 Å². The van der Waals surface area contributed by atoms with Crippen molar-refractivity contribution in [3.05, 3.63) is 193 Å². The lowest BCUT2D eigenvalue weighted by atomic mass is 9.88. The molecule has 0 N–H and O–H groups in total. The fourth-order valence-corrected chi connectivity index (χ4v) is 5.96. The zero-order chi connectivity index (χ0) is 31.0. The first-order chi connectivity index (χ1) is 22.1. The molecule has 0 saturated carbocycles. The van der Waals surface area contributed by atoms with E-state index in [0.29, 0.717) is 0 Å². The zero-order valence-corrected chi connectivity index (χ0v) is 26.2. The molecule has 0 aliphatic rings. The van der Waals surface area contributed by atoms with Crippen molar-refractivity contribution in [2.24, 2.45) is 0 Å². The van der Waals surface area contributed by atoms with Gasteiger partial charge in [-0.15, -0.1) is 0 Å². The molecule has 0 aliphatic heterocycles. The van der Waals surface area contributed by atoms with Crippen LogP contribution < -0.4 is 0 Å². The van der Waals surface area contributed by atoms with E-state index in [-0.39, 0.29) is 0 Å². The van der Waals surface area contributed by atoms with Gasteiger partial charge in [-0.05, 0) is 80.9 Å². The minimum atomic E-state index is 1.25. The molecule has 0 saturated heterocycles. The summed E-state index contributed by atoms with van der Waals surface area (Å²) in [5, 5.41) is 7.95. The Hall–Kier alpha value is -5.46. The van der Waals surface area contributed by atoms with Gasteiger partial charge in [-0.25, -0.2) is 0 Å². The molecule has 0 fully saturated rings. The third kappa shape index (κ3) is 6.87. The maximum absolute atomic E-state index is 2.26. The van der Waals surface area contributed by atoms with Crippen LogP contribution >= 0.6 is 0 Å². The Labute approximate surface area is 267 Å². The smallest absolute Gasteiger partial charge is 0.00266 e. The second kappa shape index (κ2) is 13.9. The fraction of sp³-hybridized carbons (Fsp3) is 0.0667. The first-order valence-electron chi connectivity index (χ1n) is 15.6. The standard InChI is InChI=1S/C27H20.C11H10.C7H8/c1-19-23-11-5-7-13-25(23)27(26-14-8-6-12-24(19)26)22-17-15-21(16-18-22)20-9-3-2-4-10-20;1-9-6-7-10-4-2-3-5-11(10)8-9;1-7-5-3-2-4-6-7/h2-18H,1H3;2-8H,1H3;2-6H,1H3. The van der Waals surface area contributed by atoms with E-state index < -0.39 is 0 Å². The van der Waals surface area contributed by atoms with Crippen LogP contribution in [0.1, 0.15) is 16.7 Å². The maximum Gasteiger partial charge on any atom is -0.00266 e. The Morgan fingerprint density at radius 3 is 1.29 bits per heavy atom. The summed E-state index contributed by atoms with van der Waals surface area (Å²) in [6, 6.07) is 62.2. The van der Waals surface area contributed by atoms with E-state index in [1.807, 2.05) is 18.2 Å². The summed E-state index contributed by atoms with van der Waals surface area (Å²) in [7, 11) is 0. The van der Waals surface area contributed by atoms with Crippen LogP contribution in [0.4, 0.5) is 0 Å². The molecule has 0 aromatic heterocycles. The van der Waals surface area contributed by atoms with Crippen LogP contribution in [0.5, 0.6) is 0 Å². The lowest BCUT2D eigenvalue weighted by molar-refractivity contribution is 1.48. The van der Waals surface area contributed by atoms with Gasteiger partial charge in [-0.3, -0.25) is 0 Å². The van der Waals surface area contributed by atoms with Gasteiger partial charge in [0.25, 0.3) is 0 Å². The van der Waals surface area contributed by atoms with Gasteiger partial charge in [0.15, 0.2) is 0 Å². The van der Waals surface area contributed by atoms with Crippen LogP contribution in [-0.4, -0.2) is 0 Å². The summed E-state index contributed by atoms with van der Waals surface area (Å²) in [4.78, 5) is 0. The van der Waals surface area contributed by atoms with Gasteiger partial charge in [0.1, 0.15) is 0 Å². The predicted molar refractivity (Wildman–Crippen MR) is 197 cm³/mol. The minimum absolute atomic E-state index is 1.25. The molecule has 0 aliphatic carbocycles. The highest BCUT2D eigenvalue weighted by Gasteiger charge is 2.12. The topological polar surface area (TPSA) is 0 Å². The molecular weight excluding hydrogens is 540 g/mol. The van der Waals surface area contributed by atoms with Crippen molar-refractivity contribution < 1.29 is 0 Å². The van der Waals surface area contributed by atoms with E-state index in [2.05, 4.69) is 178 Å².